The van der Waals surface area contributed by atoms with Gasteiger partial charge in [-0.2, -0.15) is 0 Å². The van der Waals surface area contributed by atoms with Crippen LogP contribution in [0.2, 0.25) is 0 Å². The van der Waals surface area contributed by atoms with Crippen molar-refractivity contribution in [2.75, 3.05) is 38.8 Å². The van der Waals surface area contributed by atoms with Gasteiger partial charge in [0.25, 0.3) is 0 Å². The second-order valence-electron chi connectivity index (χ2n) is 11.3. The van der Waals surface area contributed by atoms with Crippen molar-refractivity contribution < 1.29 is 0 Å². The monoisotopic (exact) mass is 516 g/mol. The van der Waals surface area contributed by atoms with Crippen LogP contribution in [0.4, 0.5) is 11.9 Å². The van der Waals surface area contributed by atoms with Crippen molar-refractivity contribution in [3.05, 3.63) is 48.5 Å². The Kier molecular flexibility index (Phi) is 8.49. The largest absolute Gasteiger partial charge is 0.351 e. The topological polar surface area (TPSA) is 87.9 Å². The predicted molar refractivity (Wildman–Crippen MR) is 159 cm³/mol. The van der Waals surface area contributed by atoms with Crippen LogP contribution in [0.5, 0.6) is 0 Å². The molecule has 4 aromatic rings. The maximum atomic E-state index is 4.62. The number of hydrogen-bond donors (Lipinski definition) is 4. The third-order valence-corrected chi connectivity index (χ3v) is 8.21. The number of para-hydroxylation sites is 4. The normalized spacial score (nSPS) is 23.9. The molecule has 2 aliphatic rings. The van der Waals surface area contributed by atoms with Crippen LogP contribution in [-0.2, 0) is 0 Å². The van der Waals surface area contributed by atoms with Gasteiger partial charge in [-0.3, -0.25) is 0 Å². The molecule has 2 fully saturated rings. The summed E-state index contributed by atoms with van der Waals surface area (Å²) in [7, 11) is 8.68. The molecule has 0 aliphatic heterocycles. The van der Waals surface area contributed by atoms with E-state index in [2.05, 4.69) is 80.7 Å². The highest BCUT2D eigenvalue weighted by molar-refractivity contribution is 5.78. The number of imidazole rings is 2. The lowest BCUT2D eigenvalue weighted by Gasteiger charge is -2.36. The molecular formula is C30H44N8. The Morgan fingerprint density at radius 1 is 0.605 bits per heavy atom. The summed E-state index contributed by atoms with van der Waals surface area (Å²) in [6.07, 6.45) is 10.3. The number of aromatic nitrogens is 4. The Balaban J connectivity index is 0.000000155. The number of H-pyrrole nitrogens is 2. The fourth-order valence-electron chi connectivity index (χ4n) is 6.19. The minimum absolute atomic E-state index is 0.490. The molecule has 2 aromatic heterocycles. The lowest BCUT2D eigenvalue weighted by atomic mass is 9.90. The smallest absolute Gasteiger partial charge is 0.201 e. The highest BCUT2D eigenvalue weighted by atomic mass is 15.2. The SMILES string of the molecule is CN(C)[C@H]1CCCC[C@@H]1Nc1nc2ccccc2[nH]1.CN(C)[C@H]1CCCC[C@@H]1Nc1nc2ccccc2[nH]1. The van der Waals surface area contributed by atoms with E-state index < -0.39 is 0 Å². The second kappa shape index (κ2) is 12.2. The summed E-state index contributed by atoms with van der Waals surface area (Å²) in [5, 5.41) is 7.19. The number of fused-ring (bicyclic) bond motifs is 2. The molecule has 0 bridgehead atoms. The van der Waals surface area contributed by atoms with Gasteiger partial charge in [0.05, 0.1) is 22.1 Å². The molecule has 0 spiro atoms. The molecule has 0 saturated heterocycles. The van der Waals surface area contributed by atoms with Crippen LogP contribution in [0, 0.1) is 0 Å². The average molecular weight is 517 g/mol. The molecule has 0 amide bonds. The van der Waals surface area contributed by atoms with E-state index >= 15 is 0 Å². The van der Waals surface area contributed by atoms with Crippen LogP contribution in [0.1, 0.15) is 51.4 Å². The van der Waals surface area contributed by atoms with Crippen molar-refractivity contribution in [2.24, 2.45) is 0 Å². The number of benzene rings is 2. The van der Waals surface area contributed by atoms with Crippen molar-refractivity contribution >= 4 is 34.0 Å². The van der Waals surface area contributed by atoms with Crippen LogP contribution in [0.25, 0.3) is 22.1 Å². The standard InChI is InChI=1S/2C15H22N4/c2*1-19(2)14-10-6-5-9-13(14)18-15-16-11-7-3-4-8-12(11)17-15/h2*3-4,7-8,13-14H,5-6,9-10H2,1-2H3,(H2,16,17,18)/t2*13-,14-/m00/s1. The van der Waals surface area contributed by atoms with E-state index in [0.29, 0.717) is 24.2 Å². The van der Waals surface area contributed by atoms with Crippen molar-refractivity contribution in [2.45, 2.75) is 75.5 Å². The lowest BCUT2D eigenvalue weighted by Crippen LogP contribution is -2.45. The molecule has 0 unspecified atom stereocenters. The van der Waals surface area contributed by atoms with Gasteiger partial charge in [0.2, 0.25) is 11.9 Å². The Hall–Kier alpha value is -3.10. The molecule has 8 nitrogen and oxygen atoms in total. The molecule has 2 aromatic carbocycles. The molecule has 6 rings (SSSR count). The summed E-state index contributed by atoms with van der Waals surface area (Å²) < 4.78 is 0. The fourth-order valence-corrected chi connectivity index (χ4v) is 6.19. The first-order valence-corrected chi connectivity index (χ1v) is 14.2. The predicted octanol–water partition coefficient (Wildman–Crippen LogP) is 5.70. The van der Waals surface area contributed by atoms with E-state index in [9.17, 15) is 0 Å². The Labute approximate surface area is 226 Å². The number of hydrogen-bond acceptors (Lipinski definition) is 6. The number of likely N-dealkylation sites (N-methyl/N-ethyl adjacent to an activating group) is 2. The minimum Gasteiger partial charge on any atom is -0.351 e. The van der Waals surface area contributed by atoms with Gasteiger partial charge >= 0.3 is 0 Å². The Bertz CT molecular complexity index is 1130. The second-order valence-corrected chi connectivity index (χ2v) is 11.3. The van der Waals surface area contributed by atoms with E-state index in [4.69, 9.17) is 0 Å². The molecule has 2 heterocycles. The van der Waals surface area contributed by atoms with Crippen LogP contribution >= 0.6 is 0 Å². The van der Waals surface area contributed by atoms with Gasteiger partial charge in [-0.15, -0.1) is 0 Å². The van der Waals surface area contributed by atoms with E-state index in [1.807, 2.05) is 36.4 Å². The van der Waals surface area contributed by atoms with Gasteiger partial charge < -0.3 is 30.4 Å². The molecule has 2 aliphatic carbocycles. The third kappa shape index (κ3) is 6.30. The molecule has 4 atom stereocenters. The van der Waals surface area contributed by atoms with E-state index in [1.54, 1.807) is 0 Å². The van der Waals surface area contributed by atoms with Crippen molar-refractivity contribution in [3.8, 4) is 0 Å². The Morgan fingerprint density at radius 3 is 1.39 bits per heavy atom. The molecule has 4 N–H and O–H groups in total. The summed E-state index contributed by atoms with van der Waals surface area (Å²) in [6, 6.07) is 18.5. The first kappa shape index (κ1) is 26.5. The number of aromatic amines is 2. The van der Waals surface area contributed by atoms with Crippen molar-refractivity contribution in [1.82, 2.24) is 29.7 Å². The zero-order valence-electron chi connectivity index (χ0n) is 23.4. The molecule has 38 heavy (non-hydrogen) atoms. The summed E-state index contributed by atoms with van der Waals surface area (Å²) in [4.78, 5) is 20.6. The summed E-state index contributed by atoms with van der Waals surface area (Å²) >= 11 is 0. The van der Waals surface area contributed by atoms with Crippen molar-refractivity contribution in [1.29, 1.82) is 0 Å². The van der Waals surface area contributed by atoms with E-state index in [1.165, 1.54) is 51.4 Å². The first-order valence-electron chi connectivity index (χ1n) is 14.2. The molecule has 204 valence electrons. The zero-order chi connectivity index (χ0) is 26.5. The van der Waals surface area contributed by atoms with Crippen LogP contribution in [0.3, 0.4) is 0 Å². The summed E-state index contributed by atoms with van der Waals surface area (Å²) in [5.41, 5.74) is 4.26. The summed E-state index contributed by atoms with van der Waals surface area (Å²) in [6.45, 7) is 0. The van der Waals surface area contributed by atoms with Crippen LogP contribution in [-0.4, -0.2) is 82.1 Å². The first-order chi connectivity index (χ1) is 18.5. The van der Waals surface area contributed by atoms with Gasteiger partial charge in [0, 0.05) is 24.2 Å². The maximum absolute atomic E-state index is 4.62. The average Bonchev–Trinajstić information content (AvgIpc) is 3.52. The number of rotatable bonds is 6. The minimum atomic E-state index is 0.490. The van der Waals surface area contributed by atoms with Crippen LogP contribution in [0.15, 0.2) is 48.5 Å². The van der Waals surface area contributed by atoms with Crippen molar-refractivity contribution in [3.63, 3.8) is 0 Å². The molecular weight excluding hydrogens is 472 g/mol. The number of nitrogens with zero attached hydrogens (tertiary/aromatic N) is 4. The summed E-state index contributed by atoms with van der Waals surface area (Å²) in [5.74, 6) is 1.81. The van der Waals surface area contributed by atoms with E-state index in [0.717, 1.165) is 34.0 Å². The zero-order valence-corrected chi connectivity index (χ0v) is 23.4. The van der Waals surface area contributed by atoms with Gasteiger partial charge in [-0.1, -0.05) is 49.9 Å². The Morgan fingerprint density at radius 2 is 1.00 bits per heavy atom. The third-order valence-electron chi connectivity index (χ3n) is 8.21. The fraction of sp³-hybridized carbons (Fsp3) is 0.533. The molecule has 8 heteroatoms. The quantitative estimate of drug-likeness (QED) is 0.263. The van der Waals surface area contributed by atoms with E-state index in [-0.39, 0.29) is 0 Å². The van der Waals surface area contributed by atoms with Gasteiger partial charge in [-0.05, 0) is 78.1 Å². The molecule has 2 saturated carbocycles. The van der Waals surface area contributed by atoms with Gasteiger partial charge in [0.15, 0.2) is 0 Å². The van der Waals surface area contributed by atoms with Gasteiger partial charge in [-0.25, -0.2) is 9.97 Å². The number of anilines is 2. The highest BCUT2D eigenvalue weighted by Crippen LogP contribution is 2.26. The highest BCUT2D eigenvalue weighted by Gasteiger charge is 2.28. The van der Waals surface area contributed by atoms with Gasteiger partial charge in [0.1, 0.15) is 0 Å². The maximum Gasteiger partial charge on any atom is 0.201 e. The molecule has 0 radical (unpaired) electrons. The lowest BCUT2D eigenvalue weighted by molar-refractivity contribution is 0.211. The number of nitrogens with one attached hydrogen (secondary N) is 4. The van der Waals surface area contributed by atoms with Crippen LogP contribution < -0.4 is 10.6 Å².